The number of hydrogen-bond donors (Lipinski definition) is 1. The molecule has 1 N–H and O–H groups in total. The van der Waals surface area contributed by atoms with E-state index in [0.717, 1.165) is 19.4 Å². The number of quaternary nitrogens is 1. The maximum atomic E-state index is 12.6. The van der Waals surface area contributed by atoms with Crippen molar-refractivity contribution in [2.75, 3.05) is 20.6 Å². The lowest BCUT2D eigenvalue weighted by atomic mass is 9.99. The minimum absolute atomic E-state index is 0. The summed E-state index contributed by atoms with van der Waals surface area (Å²) in [5, 5.41) is 0. The van der Waals surface area contributed by atoms with Crippen LogP contribution < -0.4 is 17.0 Å². The van der Waals surface area contributed by atoms with Crippen molar-refractivity contribution in [3.05, 3.63) is 35.9 Å². The van der Waals surface area contributed by atoms with Crippen LogP contribution >= 0.6 is 0 Å². The van der Waals surface area contributed by atoms with E-state index in [9.17, 15) is 13.0 Å². The molecule has 170 valence electrons. The molecule has 1 aromatic carbocycles. The minimum Gasteiger partial charge on any atom is -1.00 e. The highest BCUT2D eigenvalue weighted by atomic mass is 79.9. The number of hydrogen-bond acceptors (Lipinski definition) is 2. The molecule has 1 rings (SSSR count). The molecule has 0 radical (unpaired) electrons. The van der Waals surface area contributed by atoms with Gasteiger partial charge in [-0.2, -0.15) is 8.42 Å². The first kappa shape index (κ1) is 28.6. The van der Waals surface area contributed by atoms with E-state index in [1.54, 1.807) is 0 Å². The van der Waals surface area contributed by atoms with Crippen LogP contribution in [0.25, 0.3) is 0 Å². The number of unbranched alkanes of at least 4 members (excludes halogenated alkanes) is 9. The van der Waals surface area contributed by atoms with E-state index < -0.39 is 15.0 Å². The number of benzene rings is 1. The molecular weight excluding hydrogens is 450 g/mol. The SMILES string of the molecule is CCCCCCCCCCCC[N+](C)(C)C(CC)(c1ccccc1)S(=O)(=O)O.[Br-]. The summed E-state index contributed by atoms with van der Waals surface area (Å²) in [5.41, 5.74) is 0.664. The zero-order chi connectivity index (χ0) is 21.1. The topological polar surface area (TPSA) is 54.4 Å². The number of nitrogens with zero attached hydrogens (tertiary/aromatic N) is 1. The van der Waals surface area contributed by atoms with Gasteiger partial charge in [-0.05, 0) is 12.8 Å². The van der Waals surface area contributed by atoms with Crippen LogP contribution in [0.4, 0.5) is 0 Å². The Morgan fingerprint density at radius 1 is 0.828 bits per heavy atom. The second-order valence-electron chi connectivity index (χ2n) is 8.57. The average molecular weight is 493 g/mol. The third kappa shape index (κ3) is 7.97. The quantitative estimate of drug-likeness (QED) is 0.233. The van der Waals surface area contributed by atoms with Crippen LogP contribution in [-0.4, -0.2) is 38.1 Å². The lowest BCUT2D eigenvalue weighted by molar-refractivity contribution is -0.934. The van der Waals surface area contributed by atoms with Gasteiger partial charge in [0.2, 0.25) is 4.87 Å². The van der Waals surface area contributed by atoms with Crippen molar-refractivity contribution in [2.24, 2.45) is 0 Å². The monoisotopic (exact) mass is 491 g/mol. The summed E-state index contributed by atoms with van der Waals surface area (Å²) < 4.78 is 35.6. The van der Waals surface area contributed by atoms with Gasteiger partial charge in [0, 0.05) is 12.0 Å². The van der Waals surface area contributed by atoms with E-state index in [-0.39, 0.29) is 21.5 Å². The Morgan fingerprint density at radius 3 is 1.69 bits per heavy atom. The van der Waals surface area contributed by atoms with E-state index in [1.807, 2.05) is 51.4 Å². The zero-order valence-electron chi connectivity index (χ0n) is 18.9. The normalized spacial score (nSPS) is 14.2. The second kappa shape index (κ2) is 13.8. The highest BCUT2D eigenvalue weighted by Gasteiger charge is 2.56. The molecule has 4 nitrogen and oxygen atoms in total. The molecule has 1 unspecified atom stereocenters. The van der Waals surface area contributed by atoms with Crippen LogP contribution in [0.5, 0.6) is 0 Å². The van der Waals surface area contributed by atoms with E-state index in [0.29, 0.717) is 12.0 Å². The van der Waals surface area contributed by atoms with Gasteiger partial charge in [0.05, 0.1) is 20.6 Å². The molecule has 0 saturated carbocycles. The molecular formula is C23H42BrNO3S. The summed E-state index contributed by atoms with van der Waals surface area (Å²) in [4.78, 5) is -1.33. The van der Waals surface area contributed by atoms with E-state index in [2.05, 4.69) is 6.92 Å². The molecule has 0 fully saturated rings. The van der Waals surface area contributed by atoms with Gasteiger partial charge < -0.3 is 21.5 Å². The number of rotatable bonds is 15. The summed E-state index contributed by atoms with van der Waals surface area (Å²) in [6.07, 6.45) is 12.8. The molecule has 1 aromatic rings. The third-order valence-corrected chi connectivity index (χ3v) is 8.05. The lowest BCUT2D eigenvalue weighted by Gasteiger charge is -2.46. The summed E-state index contributed by atoms with van der Waals surface area (Å²) in [6, 6.07) is 9.18. The zero-order valence-corrected chi connectivity index (χ0v) is 21.3. The van der Waals surface area contributed by atoms with Gasteiger partial charge in [-0.25, -0.2) is 0 Å². The van der Waals surface area contributed by atoms with Crippen molar-refractivity contribution in [1.82, 2.24) is 0 Å². The molecule has 0 aliphatic rings. The first-order valence-corrected chi connectivity index (χ1v) is 12.5. The maximum absolute atomic E-state index is 12.6. The largest absolute Gasteiger partial charge is 1.00 e. The predicted octanol–water partition coefficient (Wildman–Crippen LogP) is 3.14. The highest BCUT2D eigenvalue weighted by Crippen LogP contribution is 2.41. The fourth-order valence-electron chi connectivity index (χ4n) is 4.50. The average Bonchev–Trinajstić information content (AvgIpc) is 2.63. The van der Waals surface area contributed by atoms with Crippen LogP contribution in [0.3, 0.4) is 0 Å². The smallest absolute Gasteiger partial charge is 0.326 e. The third-order valence-electron chi connectivity index (χ3n) is 6.18. The van der Waals surface area contributed by atoms with Gasteiger partial charge in [-0.1, -0.05) is 95.5 Å². The molecule has 0 heterocycles. The Kier molecular flexibility index (Phi) is 13.6. The molecule has 6 heteroatoms. The van der Waals surface area contributed by atoms with Crippen molar-refractivity contribution in [3.8, 4) is 0 Å². The Hall–Kier alpha value is -0.430. The fraction of sp³-hybridized carbons (Fsp3) is 0.739. The van der Waals surface area contributed by atoms with Gasteiger partial charge in [0.25, 0.3) is 0 Å². The molecule has 0 aliphatic heterocycles. The van der Waals surface area contributed by atoms with Crippen molar-refractivity contribution in [1.29, 1.82) is 0 Å². The molecule has 29 heavy (non-hydrogen) atoms. The van der Waals surface area contributed by atoms with Crippen molar-refractivity contribution in [2.45, 2.75) is 89.3 Å². The van der Waals surface area contributed by atoms with Crippen molar-refractivity contribution < 1.29 is 34.4 Å². The summed E-state index contributed by atoms with van der Waals surface area (Å²) >= 11 is 0. The lowest BCUT2D eigenvalue weighted by Crippen LogP contribution is -3.00. The van der Waals surface area contributed by atoms with E-state index in [1.165, 1.54) is 51.4 Å². The summed E-state index contributed by atoms with van der Waals surface area (Å²) in [7, 11) is -0.420. The molecule has 0 amide bonds. The Bertz CT molecular complexity index is 649. The van der Waals surface area contributed by atoms with Crippen LogP contribution in [0.15, 0.2) is 30.3 Å². The van der Waals surface area contributed by atoms with Gasteiger partial charge in [0.1, 0.15) is 0 Å². The highest BCUT2D eigenvalue weighted by molar-refractivity contribution is 7.86. The van der Waals surface area contributed by atoms with Gasteiger partial charge in [-0.3, -0.25) is 4.55 Å². The maximum Gasteiger partial charge on any atom is 0.326 e. The number of halogens is 1. The second-order valence-corrected chi connectivity index (χ2v) is 10.2. The van der Waals surface area contributed by atoms with Crippen LogP contribution in [-0.2, 0) is 15.0 Å². The van der Waals surface area contributed by atoms with Crippen LogP contribution in [0, 0.1) is 0 Å². The van der Waals surface area contributed by atoms with E-state index in [4.69, 9.17) is 0 Å². The minimum atomic E-state index is -4.28. The fourth-order valence-corrected chi connectivity index (χ4v) is 6.01. The van der Waals surface area contributed by atoms with Crippen molar-refractivity contribution >= 4 is 10.1 Å². The van der Waals surface area contributed by atoms with Gasteiger partial charge >= 0.3 is 10.1 Å². The molecule has 1 atom stereocenters. The molecule has 0 bridgehead atoms. The molecule has 0 saturated heterocycles. The Morgan fingerprint density at radius 2 is 1.28 bits per heavy atom. The first-order chi connectivity index (χ1) is 13.2. The molecule has 0 spiro atoms. The van der Waals surface area contributed by atoms with Crippen LogP contribution in [0.1, 0.15) is 90.0 Å². The standard InChI is InChI=1S/C23H41NO3S.BrH/c1-5-7-8-9-10-11-12-13-14-18-21-24(3,4)23(6-2,28(25,26)27)22-19-16-15-17-20-22;/h15-17,19-20H,5-14,18,21H2,1-4H3;1H. The van der Waals surface area contributed by atoms with Crippen molar-refractivity contribution in [3.63, 3.8) is 0 Å². The molecule has 0 aromatic heterocycles. The first-order valence-electron chi connectivity index (χ1n) is 11.1. The Labute approximate surface area is 190 Å². The van der Waals surface area contributed by atoms with Crippen LogP contribution in [0.2, 0.25) is 0 Å². The predicted molar refractivity (Wildman–Crippen MR) is 119 cm³/mol. The van der Waals surface area contributed by atoms with Gasteiger partial charge in [-0.15, -0.1) is 0 Å². The summed E-state index contributed by atoms with van der Waals surface area (Å²) in [5.74, 6) is 0. The van der Waals surface area contributed by atoms with E-state index >= 15 is 0 Å². The van der Waals surface area contributed by atoms with Gasteiger partial charge in [0.15, 0.2) is 0 Å². The Balaban J connectivity index is 0.00000784. The summed E-state index contributed by atoms with van der Waals surface area (Å²) in [6.45, 7) is 4.81. The molecule has 0 aliphatic carbocycles.